The molecule has 1 aliphatic heterocycles. The van der Waals surface area contributed by atoms with E-state index in [-0.39, 0.29) is 5.91 Å². The number of rotatable bonds is 6. The highest BCUT2D eigenvalue weighted by Gasteiger charge is 2.31. The molecular formula is C23H31N5O3. The molecule has 1 aromatic carbocycles. The molecule has 1 aliphatic rings. The summed E-state index contributed by atoms with van der Waals surface area (Å²) in [6, 6.07) is 8.51. The first-order valence-electron chi connectivity index (χ1n) is 10.6. The van der Waals surface area contributed by atoms with Crippen LogP contribution in [0.3, 0.4) is 0 Å². The molecule has 0 saturated carbocycles. The molecule has 0 bridgehead atoms. The standard InChI is InChI=1S/C23H31N5O3/c1-23(2,3)31-22(30)26-20(18-7-5-4-6-8-18)21(29)28-15-13-27(14-16-28)12-9-19-17-24-10-11-25-19/h4-8,10-11,17,20H,9,12-16H2,1-3H3,(H,26,30)/t20-/m1/s1. The molecule has 1 saturated heterocycles. The fraction of sp³-hybridized carbons (Fsp3) is 0.478. The quantitative estimate of drug-likeness (QED) is 0.765. The van der Waals surface area contributed by atoms with E-state index in [0.717, 1.165) is 37.3 Å². The first kappa shape index (κ1) is 22.7. The summed E-state index contributed by atoms with van der Waals surface area (Å²) < 4.78 is 5.38. The van der Waals surface area contributed by atoms with Gasteiger partial charge in [-0.05, 0) is 26.3 Å². The summed E-state index contributed by atoms with van der Waals surface area (Å²) in [7, 11) is 0. The van der Waals surface area contributed by atoms with Gasteiger partial charge in [0.2, 0.25) is 5.91 Å². The Hall–Kier alpha value is -3.00. The van der Waals surface area contributed by atoms with Crippen LogP contribution in [0.15, 0.2) is 48.9 Å². The summed E-state index contributed by atoms with van der Waals surface area (Å²) in [5.41, 5.74) is 1.07. The number of ether oxygens (including phenoxy) is 1. The number of carbonyl (C=O) groups excluding carboxylic acids is 2. The summed E-state index contributed by atoms with van der Waals surface area (Å²) in [5, 5.41) is 2.76. The molecule has 1 atom stereocenters. The predicted octanol–water partition coefficient (Wildman–Crippen LogP) is 2.43. The minimum atomic E-state index is -0.776. The molecule has 2 aromatic rings. The Kier molecular flexibility index (Phi) is 7.57. The average molecular weight is 426 g/mol. The Morgan fingerprint density at radius 2 is 1.81 bits per heavy atom. The largest absolute Gasteiger partial charge is 0.444 e. The average Bonchev–Trinajstić information content (AvgIpc) is 2.76. The molecular weight excluding hydrogens is 394 g/mol. The number of amides is 2. The van der Waals surface area contributed by atoms with Crippen LogP contribution in [-0.4, -0.2) is 70.1 Å². The molecule has 3 rings (SSSR count). The molecule has 0 radical (unpaired) electrons. The van der Waals surface area contributed by atoms with Crippen LogP contribution in [0.1, 0.15) is 38.1 Å². The Bertz CT molecular complexity index is 847. The van der Waals surface area contributed by atoms with Gasteiger partial charge in [-0.2, -0.15) is 0 Å². The van der Waals surface area contributed by atoms with Crippen LogP contribution in [0.5, 0.6) is 0 Å². The summed E-state index contributed by atoms with van der Waals surface area (Å²) in [5.74, 6) is -0.120. The van der Waals surface area contributed by atoms with Crippen molar-refractivity contribution in [3.63, 3.8) is 0 Å². The normalized spacial score (nSPS) is 15.9. The fourth-order valence-electron chi connectivity index (χ4n) is 3.46. The SMILES string of the molecule is CC(C)(C)OC(=O)N[C@@H](C(=O)N1CCN(CCc2cnccn2)CC1)c1ccccc1. The van der Waals surface area contributed by atoms with Gasteiger partial charge in [0.15, 0.2) is 0 Å². The molecule has 2 amide bonds. The highest BCUT2D eigenvalue weighted by molar-refractivity contribution is 5.87. The van der Waals surface area contributed by atoms with Crippen molar-refractivity contribution in [3.05, 3.63) is 60.2 Å². The molecule has 0 aliphatic carbocycles. The Morgan fingerprint density at radius 1 is 1.10 bits per heavy atom. The maximum atomic E-state index is 13.3. The van der Waals surface area contributed by atoms with E-state index in [1.807, 2.05) is 35.2 Å². The van der Waals surface area contributed by atoms with Gasteiger partial charge in [-0.15, -0.1) is 0 Å². The van der Waals surface area contributed by atoms with Crippen molar-refractivity contribution in [3.8, 4) is 0 Å². The van der Waals surface area contributed by atoms with Gasteiger partial charge in [0.05, 0.1) is 5.69 Å². The van der Waals surface area contributed by atoms with E-state index in [2.05, 4.69) is 20.2 Å². The molecule has 1 N–H and O–H groups in total. The van der Waals surface area contributed by atoms with E-state index < -0.39 is 17.7 Å². The van der Waals surface area contributed by atoms with E-state index in [4.69, 9.17) is 4.74 Å². The molecule has 1 aromatic heterocycles. The van der Waals surface area contributed by atoms with Crippen molar-refractivity contribution in [2.75, 3.05) is 32.7 Å². The van der Waals surface area contributed by atoms with Gasteiger partial charge in [-0.25, -0.2) is 4.79 Å². The predicted molar refractivity (Wildman–Crippen MR) is 117 cm³/mol. The lowest BCUT2D eigenvalue weighted by Crippen LogP contribution is -2.52. The smallest absolute Gasteiger partial charge is 0.408 e. The second-order valence-corrected chi connectivity index (χ2v) is 8.60. The van der Waals surface area contributed by atoms with E-state index in [1.165, 1.54) is 0 Å². The minimum Gasteiger partial charge on any atom is -0.444 e. The summed E-state index contributed by atoms with van der Waals surface area (Å²) >= 11 is 0. The third-order valence-corrected chi connectivity index (χ3v) is 5.03. The van der Waals surface area contributed by atoms with Gasteiger partial charge in [0, 0.05) is 57.7 Å². The van der Waals surface area contributed by atoms with E-state index in [9.17, 15) is 9.59 Å². The van der Waals surface area contributed by atoms with Gasteiger partial charge >= 0.3 is 6.09 Å². The van der Waals surface area contributed by atoms with Crippen LogP contribution in [0.2, 0.25) is 0 Å². The lowest BCUT2D eigenvalue weighted by Gasteiger charge is -2.36. The topological polar surface area (TPSA) is 87.7 Å². The van der Waals surface area contributed by atoms with Crippen LogP contribution in [-0.2, 0) is 16.0 Å². The lowest BCUT2D eigenvalue weighted by molar-refractivity contribution is -0.135. The van der Waals surface area contributed by atoms with Crippen molar-refractivity contribution >= 4 is 12.0 Å². The van der Waals surface area contributed by atoms with Crippen LogP contribution < -0.4 is 5.32 Å². The number of carbonyl (C=O) groups is 2. The van der Waals surface area contributed by atoms with Crippen molar-refractivity contribution in [1.29, 1.82) is 0 Å². The fourth-order valence-corrected chi connectivity index (χ4v) is 3.46. The zero-order valence-corrected chi connectivity index (χ0v) is 18.5. The van der Waals surface area contributed by atoms with Gasteiger partial charge in [0.25, 0.3) is 0 Å². The number of alkyl carbamates (subject to hydrolysis) is 1. The van der Waals surface area contributed by atoms with Crippen molar-refractivity contribution in [1.82, 2.24) is 25.1 Å². The number of hydrogen-bond donors (Lipinski definition) is 1. The maximum Gasteiger partial charge on any atom is 0.408 e. The Balaban J connectivity index is 1.59. The zero-order valence-electron chi connectivity index (χ0n) is 18.5. The molecule has 1 fully saturated rings. The number of piperazine rings is 1. The molecule has 0 spiro atoms. The Labute approximate surface area is 183 Å². The van der Waals surface area contributed by atoms with E-state index >= 15 is 0 Å². The van der Waals surface area contributed by atoms with Gasteiger partial charge in [0.1, 0.15) is 11.6 Å². The molecule has 31 heavy (non-hydrogen) atoms. The third-order valence-electron chi connectivity index (χ3n) is 5.03. The van der Waals surface area contributed by atoms with Gasteiger partial charge < -0.3 is 15.0 Å². The lowest BCUT2D eigenvalue weighted by atomic mass is 10.1. The zero-order chi connectivity index (χ0) is 22.3. The van der Waals surface area contributed by atoms with E-state index in [1.54, 1.807) is 39.4 Å². The first-order chi connectivity index (χ1) is 14.8. The van der Waals surface area contributed by atoms with Crippen molar-refractivity contribution in [2.45, 2.75) is 38.8 Å². The number of aromatic nitrogens is 2. The molecule has 2 heterocycles. The minimum absolute atomic E-state index is 0.120. The monoisotopic (exact) mass is 425 g/mol. The number of nitrogens with one attached hydrogen (secondary N) is 1. The van der Waals surface area contributed by atoms with Crippen LogP contribution in [0.25, 0.3) is 0 Å². The third kappa shape index (κ3) is 7.03. The second-order valence-electron chi connectivity index (χ2n) is 8.60. The second kappa shape index (κ2) is 10.3. The molecule has 8 heteroatoms. The highest BCUT2D eigenvalue weighted by Crippen LogP contribution is 2.19. The van der Waals surface area contributed by atoms with Crippen LogP contribution >= 0.6 is 0 Å². The Morgan fingerprint density at radius 3 is 2.42 bits per heavy atom. The van der Waals surface area contributed by atoms with Crippen molar-refractivity contribution < 1.29 is 14.3 Å². The first-order valence-corrected chi connectivity index (χ1v) is 10.6. The van der Waals surface area contributed by atoms with Crippen LogP contribution in [0, 0.1) is 0 Å². The van der Waals surface area contributed by atoms with E-state index in [0.29, 0.717) is 13.1 Å². The van der Waals surface area contributed by atoms with Gasteiger partial charge in [-0.3, -0.25) is 19.7 Å². The number of hydrogen-bond acceptors (Lipinski definition) is 6. The highest BCUT2D eigenvalue weighted by atomic mass is 16.6. The van der Waals surface area contributed by atoms with Gasteiger partial charge in [-0.1, -0.05) is 30.3 Å². The summed E-state index contributed by atoms with van der Waals surface area (Å²) in [6.07, 6.45) is 5.38. The van der Waals surface area contributed by atoms with Crippen LogP contribution in [0.4, 0.5) is 4.79 Å². The molecule has 0 unspecified atom stereocenters. The maximum absolute atomic E-state index is 13.3. The molecule has 166 valence electrons. The molecule has 8 nitrogen and oxygen atoms in total. The number of benzene rings is 1. The number of nitrogens with zero attached hydrogens (tertiary/aromatic N) is 4. The van der Waals surface area contributed by atoms with Crippen molar-refractivity contribution in [2.24, 2.45) is 0 Å². The summed E-state index contributed by atoms with van der Waals surface area (Å²) in [6.45, 7) is 9.04. The summed E-state index contributed by atoms with van der Waals surface area (Å²) in [4.78, 5) is 38.2.